The summed E-state index contributed by atoms with van der Waals surface area (Å²) in [6.45, 7) is 0.461. The van der Waals surface area contributed by atoms with Crippen LogP contribution in [0.25, 0.3) is 10.9 Å². The minimum absolute atomic E-state index is 0.0297. The van der Waals surface area contributed by atoms with Crippen molar-refractivity contribution >= 4 is 34.4 Å². The minimum Gasteiger partial charge on any atom is -0.381 e. The van der Waals surface area contributed by atoms with Gasteiger partial charge in [-0.05, 0) is 54.5 Å². The van der Waals surface area contributed by atoms with Crippen molar-refractivity contribution in [1.29, 1.82) is 0 Å². The molecule has 0 fully saturated rings. The highest BCUT2D eigenvalue weighted by molar-refractivity contribution is 6.08. The zero-order valence-electron chi connectivity index (χ0n) is 17.3. The van der Waals surface area contributed by atoms with Gasteiger partial charge in [0.2, 0.25) is 0 Å². The quantitative estimate of drug-likeness (QED) is 0.568. The van der Waals surface area contributed by atoms with Crippen molar-refractivity contribution in [3.05, 3.63) is 77.5 Å². The molecule has 0 saturated heterocycles. The van der Waals surface area contributed by atoms with Crippen LogP contribution in [0.4, 0.5) is 15.8 Å². The van der Waals surface area contributed by atoms with E-state index in [4.69, 9.17) is 0 Å². The van der Waals surface area contributed by atoms with Gasteiger partial charge in [-0.25, -0.2) is 9.38 Å². The third-order valence-electron chi connectivity index (χ3n) is 4.96. The lowest BCUT2D eigenvalue weighted by atomic mass is 10.1. The lowest BCUT2D eigenvalue weighted by Gasteiger charge is -2.14. The number of benzene rings is 2. The van der Waals surface area contributed by atoms with Crippen molar-refractivity contribution in [1.82, 2.24) is 15.1 Å². The average Bonchev–Trinajstić information content (AvgIpc) is 2.97. The lowest BCUT2D eigenvalue weighted by molar-refractivity contribution is 0.102. The number of nitrogens with one attached hydrogen (secondary N) is 3. The number of carbonyl (C=O) groups excluding carboxylic acids is 1. The summed E-state index contributed by atoms with van der Waals surface area (Å²) in [7, 11) is 3.65. The average molecular weight is 418 g/mol. The molecule has 2 aromatic carbocycles. The second kappa shape index (κ2) is 8.83. The van der Waals surface area contributed by atoms with Gasteiger partial charge in [-0.15, -0.1) is 0 Å². The number of aliphatic imine (C=N–C) groups is 1. The van der Waals surface area contributed by atoms with Crippen LogP contribution in [-0.2, 0) is 7.05 Å². The molecule has 0 bridgehead atoms. The molecule has 1 aliphatic heterocycles. The highest BCUT2D eigenvalue weighted by Gasteiger charge is 2.17. The summed E-state index contributed by atoms with van der Waals surface area (Å²) in [4.78, 5) is 17.2. The van der Waals surface area contributed by atoms with E-state index in [1.165, 1.54) is 6.07 Å². The summed E-state index contributed by atoms with van der Waals surface area (Å²) >= 11 is 0. The van der Waals surface area contributed by atoms with Crippen LogP contribution in [0.5, 0.6) is 0 Å². The number of halogens is 1. The fourth-order valence-corrected chi connectivity index (χ4v) is 3.39. The summed E-state index contributed by atoms with van der Waals surface area (Å²) in [5, 5.41) is 14.3. The van der Waals surface area contributed by atoms with Crippen molar-refractivity contribution in [2.24, 2.45) is 12.0 Å². The maximum Gasteiger partial charge on any atom is 0.260 e. The van der Waals surface area contributed by atoms with E-state index in [2.05, 4.69) is 26.0 Å². The number of aryl methyl sites for hydroxylation is 1. The fourth-order valence-electron chi connectivity index (χ4n) is 3.39. The first-order valence-corrected chi connectivity index (χ1v) is 9.90. The molecule has 0 aliphatic carbocycles. The van der Waals surface area contributed by atoms with Crippen molar-refractivity contribution < 1.29 is 9.18 Å². The van der Waals surface area contributed by atoms with Gasteiger partial charge in [-0.3, -0.25) is 9.48 Å². The first kappa shape index (κ1) is 20.3. The highest BCUT2D eigenvalue weighted by Crippen LogP contribution is 2.23. The van der Waals surface area contributed by atoms with Gasteiger partial charge in [-0.2, -0.15) is 5.10 Å². The number of amides is 1. The van der Waals surface area contributed by atoms with Crippen LogP contribution >= 0.6 is 0 Å². The molecule has 2 heterocycles. The van der Waals surface area contributed by atoms with E-state index in [1.54, 1.807) is 35.2 Å². The monoisotopic (exact) mass is 418 g/mol. The number of carbonyl (C=O) groups is 1. The number of hydrogen-bond donors (Lipinski definition) is 3. The van der Waals surface area contributed by atoms with Gasteiger partial charge in [0.05, 0.1) is 16.8 Å². The van der Waals surface area contributed by atoms with Crippen LogP contribution in [0.1, 0.15) is 16.8 Å². The maximum absolute atomic E-state index is 14.6. The van der Waals surface area contributed by atoms with Gasteiger partial charge in [0, 0.05) is 44.1 Å². The van der Waals surface area contributed by atoms with E-state index in [1.807, 2.05) is 38.5 Å². The predicted octanol–water partition coefficient (Wildman–Crippen LogP) is 3.84. The summed E-state index contributed by atoms with van der Waals surface area (Å²) in [5.41, 5.74) is 2.76. The molecule has 7 nitrogen and oxygen atoms in total. The van der Waals surface area contributed by atoms with Gasteiger partial charge >= 0.3 is 0 Å². The molecule has 1 aromatic heterocycles. The highest BCUT2D eigenvalue weighted by atomic mass is 19.1. The third kappa shape index (κ3) is 4.63. The summed E-state index contributed by atoms with van der Waals surface area (Å²) in [6, 6.07) is 9.96. The number of fused-ring (bicyclic) bond motifs is 1. The number of nitrogens with zero attached hydrogens (tertiary/aromatic N) is 3. The Morgan fingerprint density at radius 3 is 2.97 bits per heavy atom. The van der Waals surface area contributed by atoms with Crippen molar-refractivity contribution in [3.8, 4) is 0 Å². The second-order valence-electron chi connectivity index (χ2n) is 7.19. The molecule has 0 saturated carbocycles. The van der Waals surface area contributed by atoms with E-state index >= 15 is 0 Å². The number of aromatic nitrogens is 2. The van der Waals surface area contributed by atoms with Crippen LogP contribution in [0, 0.1) is 5.82 Å². The van der Waals surface area contributed by atoms with E-state index in [-0.39, 0.29) is 5.56 Å². The van der Waals surface area contributed by atoms with Gasteiger partial charge < -0.3 is 16.0 Å². The molecule has 8 heteroatoms. The van der Waals surface area contributed by atoms with Crippen molar-refractivity contribution in [2.45, 2.75) is 6.42 Å². The fraction of sp³-hybridized carbons (Fsp3) is 0.174. The number of rotatable bonds is 6. The Balaban J connectivity index is 1.51. The van der Waals surface area contributed by atoms with E-state index < -0.39 is 11.7 Å². The Morgan fingerprint density at radius 2 is 2.13 bits per heavy atom. The minimum atomic E-state index is -0.588. The molecule has 158 valence electrons. The van der Waals surface area contributed by atoms with Gasteiger partial charge in [0.1, 0.15) is 11.6 Å². The molecule has 4 rings (SSSR count). The molecule has 0 unspecified atom stereocenters. The molecule has 0 atom stereocenters. The van der Waals surface area contributed by atoms with Gasteiger partial charge in [-0.1, -0.05) is 6.07 Å². The normalized spacial score (nSPS) is 13.4. The molecule has 31 heavy (non-hydrogen) atoms. The van der Waals surface area contributed by atoms with E-state index in [9.17, 15) is 9.18 Å². The van der Waals surface area contributed by atoms with Crippen molar-refractivity contribution in [2.75, 3.05) is 24.2 Å². The molecule has 0 radical (unpaired) electrons. The van der Waals surface area contributed by atoms with E-state index in [0.29, 0.717) is 24.3 Å². The number of allylic oxidation sites excluding steroid dienone is 2. The number of hydrogen-bond acceptors (Lipinski definition) is 5. The lowest BCUT2D eigenvalue weighted by Crippen LogP contribution is -2.17. The first-order valence-electron chi connectivity index (χ1n) is 9.90. The largest absolute Gasteiger partial charge is 0.381 e. The maximum atomic E-state index is 14.6. The van der Waals surface area contributed by atoms with Crippen LogP contribution in [0.3, 0.4) is 0 Å². The van der Waals surface area contributed by atoms with Crippen LogP contribution in [0.2, 0.25) is 0 Å². The van der Waals surface area contributed by atoms with Crippen LogP contribution < -0.4 is 16.0 Å². The predicted molar refractivity (Wildman–Crippen MR) is 122 cm³/mol. The molecular weight excluding hydrogens is 395 g/mol. The Labute approximate surface area is 179 Å². The Kier molecular flexibility index (Phi) is 5.79. The second-order valence-corrected chi connectivity index (χ2v) is 7.19. The van der Waals surface area contributed by atoms with Gasteiger partial charge in [0.15, 0.2) is 0 Å². The molecule has 1 aliphatic rings. The van der Waals surface area contributed by atoms with Gasteiger partial charge in [0.25, 0.3) is 5.91 Å². The van der Waals surface area contributed by atoms with E-state index in [0.717, 1.165) is 22.3 Å². The summed E-state index contributed by atoms with van der Waals surface area (Å²) in [6.07, 6.45) is 8.20. The first-order chi connectivity index (χ1) is 15.0. The summed E-state index contributed by atoms with van der Waals surface area (Å²) < 4.78 is 16.3. The standard InChI is InChI=1S/C23H23FN6O/c1-25-21-9-6-15(10-11-26-21)13-27-19-5-3-4-18(24)22(19)23(31)28-17-8-7-16-14-30(2)29-20(16)12-17/h3-5,7-12,14,25,27H,6,13H2,1-2H3,(H,28,31). The zero-order chi connectivity index (χ0) is 21.8. The SMILES string of the molecule is CNC1=CCC(CNc2cccc(F)c2C(=O)Nc2ccc3cn(C)nc3c2)=CC=N1. The Morgan fingerprint density at radius 1 is 1.26 bits per heavy atom. The Bertz CT molecular complexity index is 1220. The molecular formula is C23H23FN6O. The molecule has 1 amide bonds. The Hall–Kier alpha value is -3.94. The van der Waals surface area contributed by atoms with Crippen molar-refractivity contribution in [3.63, 3.8) is 0 Å². The third-order valence-corrected chi connectivity index (χ3v) is 4.96. The molecule has 3 aromatic rings. The molecule has 0 spiro atoms. The number of anilines is 2. The smallest absolute Gasteiger partial charge is 0.260 e. The zero-order valence-corrected chi connectivity index (χ0v) is 17.3. The van der Waals surface area contributed by atoms with Crippen LogP contribution in [-0.4, -0.2) is 35.5 Å². The summed E-state index contributed by atoms with van der Waals surface area (Å²) in [5.74, 6) is -0.318. The van der Waals surface area contributed by atoms with Crippen LogP contribution in [0.15, 0.2) is 71.1 Å². The molecule has 3 N–H and O–H groups in total. The topological polar surface area (TPSA) is 83.3 Å².